The summed E-state index contributed by atoms with van der Waals surface area (Å²) < 4.78 is 33.1. The minimum absolute atomic E-state index is 0.151. The predicted octanol–water partition coefficient (Wildman–Crippen LogP) is 7.53. The van der Waals surface area contributed by atoms with Gasteiger partial charge in [-0.25, -0.2) is 0 Å². The van der Waals surface area contributed by atoms with Crippen molar-refractivity contribution in [3.63, 3.8) is 0 Å². The molecule has 1 fully saturated rings. The summed E-state index contributed by atoms with van der Waals surface area (Å²) in [7, 11) is 0. The highest BCUT2D eigenvalue weighted by Gasteiger charge is 2.48. The second-order valence-electron chi connectivity index (χ2n) is 10.8. The number of hydrogen-bond donors (Lipinski definition) is 0. The highest BCUT2D eigenvalue weighted by Crippen LogP contribution is 2.32. The van der Waals surface area contributed by atoms with Crippen LogP contribution in [0.5, 0.6) is 0 Å². The van der Waals surface area contributed by atoms with Crippen molar-refractivity contribution in [2.24, 2.45) is 0 Å². The number of hydrogen-bond acceptors (Lipinski definition) is 5. The van der Waals surface area contributed by atoms with E-state index in [1.807, 2.05) is 72.8 Å². The molecular weight excluding hydrogens is 524 g/mol. The van der Waals surface area contributed by atoms with Crippen LogP contribution in [-0.4, -0.2) is 37.1 Å². The van der Waals surface area contributed by atoms with Crippen LogP contribution in [0.15, 0.2) is 121 Å². The van der Waals surface area contributed by atoms with Crippen LogP contribution in [0, 0.1) is 0 Å². The van der Waals surface area contributed by atoms with Crippen molar-refractivity contribution in [1.29, 1.82) is 0 Å². The Morgan fingerprint density at radius 3 is 1.29 bits per heavy atom. The first kappa shape index (κ1) is 30.1. The molecule has 1 aliphatic heterocycles. The van der Waals surface area contributed by atoms with Gasteiger partial charge in [-0.15, -0.1) is 0 Å². The second kappa shape index (κ2) is 16.4. The third kappa shape index (κ3) is 8.84. The zero-order valence-electron chi connectivity index (χ0n) is 24.4. The van der Waals surface area contributed by atoms with E-state index in [0.29, 0.717) is 33.0 Å². The summed E-state index contributed by atoms with van der Waals surface area (Å²) in [4.78, 5) is 0. The van der Waals surface area contributed by atoms with Crippen LogP contribution in [0.25, 0.3) is 0 Å². The highest BCUT2D eigenvalue weighted by molar-refractivity contribution is 5.16. The quantitative estimate of drug-likeness (QED) is 0.149. The van der Waals surface area contributed by atoms with E-state index in [1.54, 1.807) is 0 Å². The molecule has 5 nitrogen and oxygen atoms in total. The monoisotopic (exact) mass is 566 g/mol. The number of rotatable bonds is 15. The fraction of sp³-hybridized carbons (Fsp3) is 0.351. The molecule has 42 heavy (non-hydrogen) atoms. The summed E-state index contributed by atoms with van der Waals surface area (Å²) in [6, 6.07) is 41.0. The number of benzene rings is 4. The molecule has 1 aliphatic rings. The summed E-state index contributed by atoms with van der Waals surface area (Å²) in [6.45, 7) is 4.45. The Hall–Kier alpha value is -3.32. The Bertz CT molecular complexity index is 1270. The Labute approximate surface area is 250 Å². The van der Waals surface area contributed by atoms with E-state index in [1.165, 1.54) is 0 Å². The molecule has 4 aromatic carbocycles. The molecular formula is C37H42O5. The summed E-state index contributed by atoms with van der Waals surface area (Å²) in [6.07, 6.45) is 0.305. The molecule has 0 unspecified atom stereocenters. The zero-order valence-corrected chi connectivity index (χ0v) is 24.4. The summed E-state index contributed by atoms with van der Waals surface area (Å²) in [5, 5.41) is 0. The minimum atomic E-state index is -0.390. The maximum absolute atomic E-state index is 6.79. The maximum Gasteiger partial charge on any atom is 0.115 e. The van der Waals surface area contributed by atoms with Crippen LogP contribution in [0.4, 0.5) is 0 Å². The fourth-order valence-electron chi connectivity index (χ4n) is 5.40. The molecule has 0 aliphatic carbocycles. The van der Waals surface area contributed by atoms with Crippen molar-refractivity contribution in [2.75, 3.05) is 6.61 Å². The van der Waals surface area contributed by atoms with Crippen LogP contribution in [-0.2, 0) is 50.1 Å². The van der Waals surface area contributed by atoms with Gasteiger partial charge in [0.1, 0.15) is 24.4 Å². The van der Waals surface area contributed by atoms with Gasteiger partial charge in [-0.3, -0.25) is 0 Å². The van der Waals surface area contributed by atoms with Gasteiger partial charge in [-0.05, 0) is 28.7 Å². The normalized spacial score (nSPS) is 22.2. The SMILES string of the molecule is CCC[C@H]1O[C@H](COCc2ccccc2)[C@@H](OCc2ccccc2)[C@H](OCc2ccccc2)[C@H]1OCc1ccccc1. The van der Waals surface area contributed by atoms with Gasteiger partial charge in [0.05, 0.1) is 39.1 Å². The van der Waals surface area contributed by atoms with Crippen molar-refractivity contribution >= 4 is 0 Å². The van der Waals surface area contributed by atoms with Crippen LogP contribution in [0.3, 0.4) is 0 Å². The molecule has 5 rings (SSSR count). The molecule has 0 N–H and O–H groups in total. The van der Waals surface area contributed by atoms with Crippen LogP contribution in [0.2, 0.25) is 0 Å². The molecule has 4 aromatic rings. The number of ether oxygens (including phenoxy) is 5. The Balaban J connectivity index is 1.40. The molecule has 0 saturated carbocycles. The fourth-order valence-corrected chi connectivity index (χ4v) is 5.40. The first-order valence-corrected chi connectivity index (χ1v) is 15.0. The molecule has 0 radical (unpaired) electrons. The third-order valence-electron chi connectivity index (χ3n) is 7.55. The molecule has 5 heteroatoms. The summed E-state index contributed by atoms with van der Waals surface area (Å²) in [5.41, 5.74) is 4.45. The minimum Gasteiger partial charge on any atom is -0.374 e. The lowest BCUT2D eigenvalue weighted by Crippen LogP contribution is -2.61. The molecule has 220 valence electrons. The van der Waals surface area contributed by atoms with E-state index in [0.717, 1.165) is 35.1 Å². The maximum atomic E-state index is 6.79. The molecule has 5 atom stereocenters. The molecule has 0 aromatic heterocycles. The lowest BCUT2D eigenvalue weighted by atomic mass is 9.92. The summed E-state index contributed by atoms with van der Waals surface area (Å²) >= 11 is 0. The van der Waals surface area contributed by atoms with E-state index >= 15 is 0 Å². The molecule has 0 spiro atoms. The predicted molar refractivity (Wildman–Crippen MR) is 165 cm³/mol. The average molecular weight is 567 g/mol. The van der Waals surface area contributed by atoms with Crippen molar-refractivity contribution in [2.45, 2.75) is 76.7 Å². The first-order chi connectivity index (χ1) is 20.8. The Morgan fingerprint density at radius 1 is 0.476 bits per heavy atom. The molecule has 0 bridgehead atoms. The van der Waals surface area contributed by atoms with E-state index < -0.39 is 6.10 Å². The van der Waals surface area contributed by atoms with Gasteiger partial charge in [0, 0.05) is 0 Å². The van der Waals surface area contributed by atoms with Crippen LogP contribution < -0.4 is 0 Å². The smallest absolute Gasteiger partial charge is 0.115 e. The van der Waals surface area contributed by atoms with E-state index in [9.17, 15) is 0 Å². The van der Waals surface area contributed by atoms with E-state index in [4.69, 9.17) is 23.7 Å². The molecule has 1 saturated heterocycles. The zero-order chi connectivity index (χ0) is 28.8. The highest BCUT2D eigenvalue weighted by atomic mass is 16.6. The first-order valence-electron chi connectivity index (χ1n) is 15.0. The van der Waals surface area contributed by atoms with Crippen LogP contribution in [0.1, 0.15) is 42.0 Å². The van der Waals surface area contributed by atoms with Crippen LogP contribution >= 0.6 is 0 Å². The Kier molecular flexibility index (Phi) is 11.7. The lowest BCUT2D eigenvalue weighted by Gasteiger charge is -2.46. The molecule has 0 amide bonds. The van der Waals surface area contributed by atoms with Crippen molar-refractivity contribution in [3.05, 3.63) is 144 Å². The van der Waals surface area contributed by atoms with Gasteiger partial charge in [0.15, 0.2) is 0 Å². The van der Waals surface area contributed by atoms with Gasteiger partial charge < -0.3 is 23.7 Å². The van der Waals surface area contributed by atoms with Gasteiger partial charge in [-0.1, -0.05) is 135 Å². The standard InChI is InChI=1S/C37H42O5/c1-2-15-33-35(39-25-30-18-9-4-10-19-30)37(41-27-32-22-13-6-14-23-32)36(40-26-31-20-11-5-12-21-31)34(42-33)28-38-24-29-16-7-3-8-17-29/h3-14,16-23,33-37H,2,15,24-28H2,1H3/t33-,34-,35+,36-,37-/m1/s1. The largest absolute Gasteiger partial charge is 0.374 e. The lowest BCUT2D eigenvalue weighted by molar-refractivity contribution is -0.273. The average Bonchev–Trinajstić information content (AvgIpc) is 3.05. The van der Waals surface area contributed by atoms with Gasteiger partial charge in [0.2, 0.25) is 0 Å². The topological polar surface area (TPSA) is 46.2 Å². The van der Waals surface area contributed by atoms with Crippen molar-refractivity contribution in [3.8, 4) is 0 Å². The molecule has 1 heterocycles. The van der Waals surface area contributed by atoms with E-state index in [2.05, 4.69) is 55.5 Å². The van der Waals surface area contributed by atoms with Gasteiger partial charge in [0.25, 0.3) is 0 Å². The van der Waals surface area contributed by atoms with Gasteiger partial charge in [-0.2, -0.15) is 0 Å². The second-order valence-corrected chi connectivity index (χ2v) is 10.8. The summed E-state index contributed by atoms with van der Waals surface area (Å²) in [5.74, 6) is 0. The van der Waals surface area contributed by atoms with Crippen molar-refractivity contribution < 1.29 is 23.7 Å². The van der Waals surface area contributed by atoms with Gasteiger partial charge >= 0.3 is 0 Å². The third-order valence-corrected chi connectivity index (χ3v) is 7.55. The van der Waals surface area contributed by atoms with Crippen molar-refractivity contribution in [1.82, 2.24) is 0 Å². The Morgan fingerprint density at radius 2 is 0.857 bits per heavy atom. The van der Waals surface area contributed by atoms with E-state index in [-0.39, 0.29) is 24.4 Å².